The average Bonchev–Trinajstić information content (AvgIpc) is 3.37. The molecule has 1 fully saturated rings. The summed E-state index contributed by atoms with van der Waals surface area (Å²) in [5, 5.41) is 0.255. The van der Waals surface area contributed by atoms with Gasteiger partial charge in [-0.05, 0) is 42.2 Å². The van der Waals surface area contributed by atoms with Gasteiger partial charge >= 0.3 is 0 Å². The number of aliphatic imine (C=N–C) groups is 1. The fraction of sp³-hybridized carbons (Fsp3) is 0.304. The van der Waals surface area contributed by atoms with Gasteiger partial charge in [0.15, 0.2) is 17.6 Å². The fourth-order valence-electron chi connectivity index (χ4n) is 3.76. The number of carbonyl (C=O) groups excluding carboxylic acids is 1. The molecule has 2 N–H and O–H groups in total. The number of ketones is 1. The van der Waals surface area contributed by atoms with Gasteiger partial charge in [0.05, 0.1) is 17.1 Å². The zero-order valence-electron chi connectivity index (χ0n) is 17.8. The molecule has 1 heterocycles. The summed E-state index contributed by atoms with van der Waals surface area (Å²) in [5.74, 6) is 0.673. The van der Waals surface area contributed by atoms with E-state index in [-0.39, 0.29) is 35.0 Å². The lowest BCUT2D eigenvalue weighted by molar-refractivity contribution is -0.117. The standard InChI is InChI=1S/C23H22F2N4O2S/c1-5-8-31-20-12-28-19(11-29-20)18(25)10-15-6-7-17(24)16(9-15)21-13(2)23(21,14(3)30)32-22(26)27-4/h1,6-7,9-13,21H,8H2,2-4H3,(H2,26,27)/b18-10-/t13-,21?,23+/m0/s1. The van der Waals surface area contributed by atoms with E-state index < -0.39 is 22.3 Å². The maximum Gasteiger partial charge on any atom is 0.233 e. The highest BCUT2D eigenvalue weighted by molar-refractivity contribution is 8.15. The molecule has 1 aromatic heterocycles. The minimum absolute atomic E-state index is 0.00991. The molecule has 166 valence electrons. The lowest BCUT2D eigenvalue weighted by Crippen LogP contribution is -2.25. The number of amidine groups is 1. The van der Waals surface area contributed by atoms with Crippen LogP contribution in [0, 0.1) is 24.1 Å². The topological polar surface area (TPSA) is 90.5 Å². The SMILES string of the molecule is C#CCOc1cnc(/C(F)=C/c2ccc(F)c(C3[C@H](C)[C@@]3(SC(N)=NC)C(C)=O)c2)cn1. The number of nitrogens with zero attached hydrogens (tertiary/aromatic N) is 3. The summed E-state index contributed by atoms with van der Waals surface area (Å²) in [6.45, 7) is 3.35. The molecular weight excluding hydrogens is 434 g/mol. The molecule has 6 nitrogen and oxygen atoms in total. The molecule has 1 saturated carbocycles. The van der Waals surface area contributed by atoms with E-state index in [0.717, 1.165) is 11.8 Å². The maximum atomic E-state index is 14.7. The third-order valence-corrected chi connectivity index (χ3v) is 7.04. The van der Waals surface area contributed by atoms with E-state index in [0.29, 0.717) is 11.1 Å². The smallest absolute Gasteiger partial charge is 0.233 e. The van der Waals surface area contributed by atoms with Crippen molar-refractivity contribution in [1.82, 2.24) is 9.97 Å². The summed E-state index contributed by atoms with van der Waals surface area (Å²) in [7, 11) is 1.53. The van der Waals surface area contributed by atoms with Gasteiger partial charge in [-0.2, -0.15) is 0 Å². The number of rotatable bonds is 7. The Labute approximate surface area is 189 Å². The largest absolute Gasteiger partial charge is 0.463 e. The normalized spacial score (nSPS) is 22.9. The minimum atomic E-state index is -0.898. The number of nitrogens with two attached hydrogens (primary N) is 1. The molecule has 0 saturated heterocycles. The van der Waals surface area contributed by atoms with Crippen molar-refractivity contribution in [2.45, 2.75) is 24.5 Å². The molecule has 3 atom stereocenters. The zero-order chi connectivity index (χ0) is 23.5. The number of hydrogen-bond donors (Lipinski definition) is 1. The van der Waals surface area contributed by atoms with E-state index in [4.69, 9.17) is 16.9 Å². The number of benzene rings is 1. The minimum Gasteiger partial charge on any atom is -0.463 e. The molecule has 0 radical (unpaired) electrons. The van der Waals surface area contributed by atoms with Crippen LogP contribution in [0.5, 0.6) is 5.88 Å². The molecule has 1 aliphatic carbocycles. The van der Waals surface area contributed by atoms with Gasteiger partial charge in [0.25, 0.3) is 0 Å². The van der Waals surface area contributed by atoms with E-state index in [2.05, 4.69) is 20.9 Å². The second-order valence-electron chi connectivity index (χ2n) is 7.29. The van der Waals surface area contributed by atoms with Gasteiger partial charge in [0.1, 0.15) is 17.3 Å². The Bertz CT molecular complexity index is 1130. The lowest BCUT2D eigenvalue weighted by atomic mass is 10.0. The summed E-state index contributed by atoms with van der Waals surface area (Å²) < 4.78 is 33.7. The third-order valence-electron chi connectivity index (χ3n) is 5.40. The van der Waals surface area contributed by atoms with Crippen molar-refractivity contribution in [2.75, 3.05) is 13.7 Å². The van der Waals surface area contributed by atoms with Crippen molar-refractivity contribution in [3.63, 3.8) is 0 Å². The van der Waals surface area contributed by atoms with Crippen LogP contribution in [0.15, 0.2) is 35.6 Å². The van der Waals surface area contributed by atoms with Crippen LogP contribution in [0.2, 0.25) is 0 Å². The molecule has 0 aliphatic heterocycles. The zero-order valence-corrected chi connectivity index (χ0v) is 18.6. The van der Waals surface area contributed by atoms with Gasteiger partial charge in [-0.15, -0.1) is 6.42 Å². The molecule has 1 aromatic carbocycles. The fourth-order valence-corrected chi connectivity index (χ4v) is 5.05. The maximum absolute atomic E-state index is 14.7. The number of Topliss-reactive ketones (excluding diaryl/α,β-unsaturated/α-hetero) is 1. The Morgan fingerprint density at radius 2 is 2.19 bits per heavy atom. The Kier molecular flexibility index (Phi) is 6.94. The van der Waals surface area contributed by atoms with Crippen LogP contribution >= 0.6 is 11.8 Å². The van der Waals surface area contributed by atoms with Gasteiger partial charge < -0.3 is 10.5 Å². The highest BCUT2D eigenvalue weighted by Gasteiger charge is 2.67. The third kappa shape index (κ3) is 4.50. The number of carbonyl (C=O) groups is 1. The van der Waals surface area contributed by atoms with Crippen LogP contribution in [0.3, 0.4) is 0 Å². The van der Waals surface area contributed by atoms with Crippen molar-refractivity contribution >= 4 is 34.6 Å². The Morgan fingerprint density at radius 3 is 2.78 bits per heavy atom. The first-order chi connectivity index (χ1) is 15.2. The van der Waals surface area contributed by atoms with Crippen LogP contribution in [-0.2, 0) is 4.79 Å². The van der Waals surface area contributed by atoms with Crippen molar-refractivity contribution in [3.05, 3.63) is 53.2 Å². The van der Waals surface area contributed by atoms with Gasteiger partial charge in [0.2, 0.25) is 5.88 Å². The van der Waals surface area contributed by atoms with Crippen molar-refractivity contribution < 1.29 is 18.3 Å². The van der Waals surface area contributed by atoms with Gasteiger partial charge in [-0.25, -0.2) is 18.7 Å². The molecule has 0 spiro atoms. The summed E-state index contributed by atoms with van der Waals surface area (Å²) in [6, 6.07) is 4.25. The first-order valence-corrected chi connectivity index (χ1v) is 10.5. The highest BCUT2D eigenvalue weighted by Crippen LogP contribution is 2.66. The first kappa shape index (κ1) is 23.4. The summed E-state index contributed by atoms with van der Waals surface area (Å²) >= 11 is 1.14. The second-order valence-corrected chi connectivity index (χ2v) is 8.58. The molecule has 32 heavy (non-hydrogen) atoms. The van der Waals surface area contributed by atoms with Crippen LogP contribution in [0.4, 0.5) is 8.78 Å². The number of hydrogen-bond acceptors (Lipinski definition) is 6. The second kappa shape index (κ2) is 9.49. The van der Waals surface area contributed by atoms with Gasteiger partial charge in [-0.1, -0.05) is 30.7 Å². The van der Waals surface area contributed by atoms with Crippen LogP contribution in [-0.4, -0.2) is 39.3 Å². The molecule has 9 heteroatoms. The Morgan fingerprint density at radius 1 is 1.44 bits per heavy atom. The Hall–Kier alpha value is -3.25. The highest BCUT2D eigenvalue weighted by atomic mass is 32.2. The summed E-state index contributed by atoms with van der Waals surface area (Å²) in [5.41, 5.74) is 6.59. The van der Waals surface area contributed by atoms with Crippen molar-refractivity contribution in [2.24, 2.45) is 16.6 Å². The molecule has 3 rings (SSSR count). The van der Waals surface area contributed by atoms with E-state index >= 15 is 0 Å². The quantitative estimate of drug-likeness (QED) is 0.387. The van der Waals surface area contributed by atoms with Crippen LogP contribution in [0.25, 0.3) is 11.9 Å². The Balaban J connectivity index is 1.89. The molecular formula is C23H22F2N4O2S. The number of terminal acetylenes is 1. The van der Waals surface area contributed by atoms with E-state index in [1.54, 1.807) is 6.07 Å². The number of aromatic nitrogens is 2. The predicted molar refractivity (Wildman–Crippen MR) is 122 cm³/mol. The van der Waals surface area contributed by atoms with E-state index in [9.17, 15) is 13.6 Å². The van der Waals surface area contributed by atoms with Gasteiger partial charge in [0, 0.05) is 13.0 Å². The molecule has 1 aliphatic rings. The summed E-state index contributed by atoms with van der Waals surface area (Å²) in [4.78, 5) is 24.3. The van der Waals surface area contributed by atoms with Gasteiger partial charge in [-0.3, -0.25) is 9.79 Å². The van der Waals surface area contributed by atoms with Crippen LogP contribution in [0.1, 0.15) is 36.6 Å². The van der Waals surface area contributed by atoms with E-state index in [1.807, 2.05) is 6.92 Å². The van der Waals surface area contributed by atoms with Crippen molar-refractivity contribution in [3.8, 4) is 18.2 Å². The van der Waals surface area contributed by atoms with E-state index in [1.165, 1.54) is 44.6 Å². The molecule has 2 aromatic rings. The summed E-state index contributed by atoms with van der Waals surface area (Å²) in [6.07, 6.45) is 8.82. The number of halogens is 2. The lowest BCUT2D eigenvalue weighted by Gasteiger charge is -2.14. The molecule has 1 unspecified atom stereocenters. The predicted octanol–water partition coefficient (Wildman–Crippen LogP) is 3.83. The first-order valence-electron chi connectivity index (χ1n) is 9.72. The average molecular weight is 457 g/mol. The van der Waals surface area contributed by atoms with Crippen LogP contribution < -0.4 is 10.5 Å². The number of ether oxygens (including phenoxy) is 1. The molecule has 0 bridgehead atoms. The molecule has 0 amide bonds. The van der Waals surface area contributed by atoms with Crippen molar-refractivity contribution in [1.29, 1.82) is 0 Å². The number of thioether (sulfide) groups is 1. The monoisotopic (exact) mass is 456 g/mol.